The van der Waals surface area contributed by atoms with Gasteiger partial charge in [-0.3, -0.25) is 4.98 Å². The molecule has 2 aromatic carbocycles. The van der Waals surface area contributed by atoms with Gasteiger partial charge >= 0.3 is 0 Å². The lowest BCUT2D eigenvalue weighted by molar-refractivity contribution is 1.04. The van der Waals surface area contributed by atoms with Crippen LogP contribution >= 0.6 is 0 Å². The monoisotopic (exact) mass is 277 g/mol. The van der Waals surface area contributed by atoms with Gasteiger partial charge in [-0.2, -0.15) is 0 Å². The second-order valence-electron chi connectivity index (χ2n) is 5.25. The maximum Gasteiger partial charge on any atom is 0.0723 e. The Balaban J connectivity index is 2.19. The van der Waals surface area contributed by atoms with E-state index in [2.05, 4.69) is 54.2 Å². The molecule has 0 aliphatic carbocycles. The summed E-state index contributed by atoms with van der Waals surface area (Å²) in [5.41, 5.74) is 11.5. The lowest BCUT2D eigenvalue weighted by atomic mass is 10.1. The summed E-state index contributed by atoms with van der Waals surface area (Å²) in [5, 5.41) is 1.13. The summed E-state index contributed by atoms with van der Waals surface area (Å²) < 4.78 is 0. The molecule has 21 heavy (non-hydrogen) atoms. The van der Waals surface area contributed by atoms with Crippen LogP contribution in [0, 0.1) is 6.92 Å². The molecule has 0 spiro atoms. The van der Waals surface area contributed by atoms with Crippen LogP contribution in [0.3, 0.4) is 0 Å². The molecule has 0 unspecified atom stereocenters. The molecule has 0 saturated heterocycles. The predicted octanol–water partition coefficient (Wildman–Crippen LogP) is 3.77. The van der Waals surface area contributed by atoms with Crippen molar-refractivity contribution in [2.45, 2.75) is 13.5 Å². The third-order valence-corrected chi connectivity index (χ3v) is 3.80. The first kappa shape index (κ1) is 13.6. The number of para-hydroxylation sites is 1. The SMILES string of the molecule is Cc1ccc(N(C)c2c(CN)cnc3ccccc23)cc1. The number of benzene rings is 2. The van der Waals surface area contributed by atoms with Crippen LogP contribution in [0.25, 0.3) is 10.9 Å². The summed E-state index contributed by atoms with van der Waals surface area (Å²) in [5.74, 6) is 0. The minimum Gasteiger partial charge on any atom is -0.344 e. The molecule has 0 atom stereocenters. The zero-order valence-corrected chi connectivity index (χ0v) is 12.4. The van der Waals surface area contributed by atoms with Gasteiger partial charge in [0.15, 0.2) is 0 Å². The summed E-state index contributed by atoms with van der Waals surface area (Å²) in [6.45, 7) is 2.57. The third kappa shape index (κ3) is 2.48. The van der Waals surface area contributed by atoms with Gasteiger partial charge in [0.05, 0.1) is 11.2 Å². The molecule has 1 aromatic heterocycles. The molecule has 3 nitrogen and oxygen atoms in total. The average molecular weight is 277 g/mol. The highest BCUT2D eigenvalue weighted by Crippen LogP contribution is 2.33. The van der Waals surface area contributed by atoms with Crippen LogP contribution in [-0.4, -0.2) is 12.0 Å². The van der Waals surface area contributed by atoms with Gasteiger partial charge in [0.2, 0.25) is 0 Å². The molecule has 0 radical (unpaired) electrons. The lowest BCUT2D eigenvalue weighted by Crippen LogP contribution is -2.14. The number of aromatic nitrogens is 1. The predicted molar refractivity (Wildman–Crippen MR) is 88.9 cm³/mol. The molecule has 0 fully saturated rings. The van der Waals surface area contributed by atoms with Crippen LogP contribution in [0.4, 0.5) is 11.4 Å². The molecule has 1 heterocycles. The zero-order chi connectivity index (χ0) is 14.8. The van der Waals surface area contributed by atoms with Crippen LogP contribution in [0.15, 0.2) is 54.7 Å². The molecule has 0 saturated carbocycles. The largest absolute Gasteiger partial charge is 0.344 e. The van der Waals surface area contributed by atoms with E-state index < -0.39 is 0 Å². The summed E-state index contributed by atoms with van der Waals surface area (Å²) in [6, 6.07) is 16.7. The highest BCUT2D eigenvalue weighted by atomic mass is 15.1. The highest BCUT2D eigenvalue weighted by Gasteiger charge is 2.13. The van der Waals surface area contributed by atoms with E-state index in [1.165, 1.54) is 5.56 Å². The van der Waals surface area contributed by atoms with Crippen molar-refractivity contribution in [3.05, 3.63) is 65.9 Å². The highest BCUT2D eigenvalue weighted by molar-refractivity contribution is 5.95. The van der Waals surface area contributed by atoms with Gasteiger partial charge in [0, 0.05) is 36.4 Å². The van der Waals surface area contributed by atoms with Crippen molar-refractivity contribution in [2.75, 3.05) is 11.9 Å². The van der Waals surface area contributed by atoms with Crippen LogP contribution in [0.5, 0.6) is 0 Å². The van der Waals surface area contributed by atoms with E-state index in [-0.39, 0.29) is 0 Å². The van der Waals surface area contributed by atoms with E-state index in [0.29, 0.717) is 6.54 Å². The number of hydrogen-bond donors (Lipinski definition) is 1. The smallest absolute Gasteiger partial charge is 0.0723 e. The van der Waals surface area contributed by atoms with E-state index in [4.69, 9.17) is 5.73 Å². The van der Waals surface area contributed by atoms with Crippen molar-refractivity contribution < 1.29 is 0 Å². The Labute approximate surface area is 125 Å². The zero-order valence-electron chi connectivity index (χ0n) is 12.4. The Bertz CT molecular complexity index is 763. The van der Waals surface area contributed by atoms with Crippen molar-refractivity contribution in [2.24, 2.45) is 5.73 Å². The lowest BCUT2D eigenvalue weighted by Gasteiger charge is -2.24. The molecule has 0 aliphatic heterocycles. The van der Waals surface area contributed by atoms with Crippen molar-refractivity contribution in [1.29, 1.82) is 0 Å². The Morgan fingerprint density at radius 1 is 1.05 bits per heavy atom. The Hall–Kier alpha value is -2.39. The van der Waals surface area contributed by atoms with Crippen LogP contribution in [0.2, 0.25) is 0 Å². The van der Waals surface area contributed by atoms with E-state index in [1.807, 2.05) is 24.4 Å². The Kier molecular flexibility index (Phi) is 3.59. The topological polar surface area (TPSA) is 42.1 Å². The number of pyridine rings is 1. The van der Waals surface area contributed by atoms with Gasteiger partial charge in [-0.1, -0.05) is 35.9 Å². The van der Waals surface area contributed by atoms with E-state index in [1.54, 1.807) is 0 Å². The molecule has 3 heteroatoms. The number of rotatable bonds is 3. The molecule has 3 rings (SSSR count). The van der Waals surface area contributed by atoms with Crippen molar-refractivity contribution in [3.8, 4) is 0 Å². The molecular weight excluding hydrogens is 258 g/mol. The number of hydrogen-bond acceptors (Lipinski definition) is 3. The van der Waals surface area contributed by atoms with E-state index in [0.717, 1.165) is 27.8 Å². The van der Waals surface area contributed by atoms with Crippen LogP contribution in [-0.2, 0) is 6.54 Å². The first-order chi connectivity index (χ1) is 10.2. The van der Waals surface area contributed by atoms with Gasteiger partial charge in [0.1, 0.15) is 0 Å². The fourth-order valence-electron chi connectivity index (χ4n) is 2.61. The minimum atomic E-state index is 0.476. The second-order valence-corrected chi connectivity index (χ2v) is 5.25. The van der Waals surface area contributed by atoms with Crippen molar-refractivity contribution in [1.82, 2.24) is 4.98 Å². The number of aryl methyl sites for hydroxylation is 1. The van der Waals surface area contributed by atoms with Crippen LogP contribution < -0.4 is 10.6 Å². The summed E-state index contributed by atoms with van der Waals surface area (Å²) in [7, 11) is 2.08. The summed E-state index contributed by atoms with van der Waals surface area (Å²) in [4.78, 5) is 6.68. The first-order valence-electron chi connectivity index (χ1n) is 7.08. The molecular formula is C18H19N3. The molecule has 0 bridgehead atoms. The Morgan fingerprint density at radius 3 is 2.48 bits per heavy atom. The number of nitrogens with two attached hydrogens (primary N) is 1. The van der Waals surface area contributed by atoms with Crippen molar-refractivity contribution in [3.63, 3.8) is 0 Å². The third-order valence-electron chi connectivity index (χ3n) is 3.80. The van der Waals surface area contributed by atoms with E-state index >= 15 is 0 Å². The minimum absolute atomic E-state index is 0.476. The maximum absolute atomic E-state index is 5.91. The van der Waals surface area contributed by atoms with Gasteiger partial charge < -0.3 is 10.6 Å². The number of anilines is 2. The number of nitrogens with zero attached hydrogens (tertiary/aromatic N) is 2. The van der Waals surface area contributed by atoms with Crippen LogP contribution in [0.1, 0.15) is 11.1 Å². The maximum atomic E-state index is 5.91. The fraction of sp³-hybridized carbons (Fsp3) is 0.167. The standard InChI is InChI=1S/C18H19N3/c1-13-7-9-15(10-8-13)21(2)18-14(11-19)12-20-17-6-4-3-5-16(17)18/h3-10,12H,11,19H2,1-2H3. The average Bonchev–Trinajstić information content (AvgIpc) is 2.53. The quantitative estimate of drug-likeness (QED) is 0.792. The summed E-state index contributed by atoms with van der Waals surface area (Å²) >= 11 is 0. The summed E-state index contributed by atoms with van der Waals surface area (Å²) in [6.07, 6.45) is 1.88. The molecule has 106 valence electrons. The molecule has 0 aliphatic rings. The normalized spacial score (nSPS) is 10.8. The molecule has 0 amide bonds. The van der Waals surface area contributed by atoms with Gasteiger partial charge in [0.25, 0.3) is 0 Å². The first-order valence-corrected chi connectivity index (χ1v) is 7.08. The van der Waals surface area contributed by atoms with Gasteiger partial charge in [-0.05, 0) is 25.1 Å². The fourth-order valence-corrected chi connectivity index (χ4v) is 2.61. The van der Waals surface area contributed by atoms with E-state index in [9.17, 15) is 0 Å². The van der Waals surface area contributed by atoms with Gasteiger partial charge in [-0.15, -0.1) is 0 Å². The van der Waals surface area contributed by atoms with Gasteiger partial charge in [-0.25, -0.2) is 0 Å². The molecule has 3 aromatic rings. The Morgan fingerprint density at radius 2 is 1.76 bits per heavy atom. The second kappa shape index (κ2) is 5.54. The molecule has 2 N–H and O–H groups in total. The van der Waals surface area contributed by atoms with Crippen molar-refractivity contribution >= 4 is 22.3 Å². The number of fused-ring (bicyclic) bond motifs is 1.